The zero-order chi connectivity index (χ0) is 29.0. The molecular weight excluding hydrogens is 556 g/mol. The molecule has 3 saturated heterocycles. The van der Waals surface area contributed by atoms with E-state index in [4.69, 9.17) is 32.8 Å². The highest BCUT2D eigenvalue weighted by Gasteiger charge is 2.27. The summed E-state index contributed by atoms with van der Waals surface area (Å²) in [6.07, 6.45) is 0.540. The second kappa shape index (κ2) is 10.6. The molecule has 3 aliphatic rings. The molecule has 9 rings (SSSR count). The Balaban J connectivity index is 1.25. The third-order valence-electron chi connectivity index (χ3n) is 8.41. The molecule has 0 amide bonds. The molecule has 4 heterocycles. The van der Waals surface area contributed by atoms with Gasteiger partial charge in [0.1, 0.15) is 66.7 Å². The minimum absolute atomic E-state index is 0.142. The molecule has 0 aliphatic carbocycles. The SMILES string of the molecule is c1ccc2c(c1)c1cccc(OCC3CO3)c1c1oc(-c3ccc(OCC4CO4)cc3)c(-c3ccc(OCC4CO4)cc3)c21. The molecule has 1 aromatic heterocycles. The van der Waals surface area contributed by atoms with Gasteiger partial charge in [-0.25, -0.2) is 0 Å². The maximum Gasteiger partial charge on any atom is 0.147 e. The second-order valence-electron chi connectivity index (χ2n) is 11.6. The van der Waals surface area contributed by atoms with E-state index >= 15 is 0 Å². The number of furan rings is 1. The molecule has 0 N–H and O–H groups in total. The number of hydrogen-bond acceptors (Lipinski definition) is 7. The van der Waals surface area contributed by atoms with Crippen molar-refractivity contribution in [2.75, 3.05) is 39.6 Å². The number of ether oxygens (including phenoxy) is 6. The second-order valence-corrected chi connectivity index (χ2v) is 11.6. The third-order valence-corrected chi connectivity index (χ3v) is 8.41. The van der Waals surface area contributed by atoms with Crippen molar-refractivity contribution in [3.63, 3.8) is 0 Å². The lowest BCUT2D eigenvalue weighted by atomic mass is 9.92. The lowest BCUT2D eigenvalue weighted by Gasteiger charge is -2.12. The Bertz CT molecular complexity index is 1980. The summed E-state index contributed by atoms with van der Waals surface area (Å²) < 4.78 is 41.3. The standard InChI is InChI=1S/C37H30O7/c1-2-5-31-29(4-1)30-6-3-7-32(43-21-28-20-42-28)34(30)37-35(31)33(22-8-12-24(13-9-22)38-16-26-18-40-26)36(44-37)23-10-14-25(15-11-23)39-17-27-19-41-27/h1-15,26-28H,16-21H2. The number of rotatable bonds is 11. The van der Waals surface area contributed by atoms with E-state index in [0.717, 1.165) is 92.0 Å². The summed E-state index contributed by atoms with van der Waals surface area (Å²) in [5.41, 5.74) is 3.82. The molecule has 3 atom stereocenters. The van der Waals surface area contributed by atoms with Crippen LogP contribution < -0.4 is 14.2 Å². The summed E-state index contributed by atoms with van der Waals surface area (Å²) in [6, 6.07) is 31.1. The highest BCUT2D eigenvalue weighted by atomic mass is 16.6. The van der Waals surface area contributed by atoms with Crippen LogP contribution in [-0.4, -0.2) is 58.0 Å². The number of epoxide rings is 3. The van der Waals surface area contributed by atoms with Gasteiger partial charge in [-0.15, -0.1) is 0 Å². The van der Waals surface area contributed by atoms with Crippen LogP contribution in [0, 0.1) is 0 Å². The van der Waals surface area contributed by atoms with Crippen LogP contribution in [0.3, 0.4) is 0 Å². The topological polar surface area (TPSA) is 78.4 Å². The lowest BCUT2D eigenvalue weighted by Crippen LogP contribution is -2.04. The van der Waals surface area contributed by atoms with Crippen molar-refractivity contribution in [1.82, 2.24) is 0 Å². The average molecular weight is 587 g/mol. The fourth-order valence-electron chi connectivity index (χ4n) is 5.86. The Kier molecular flexibility index (Phi) is 6.21. The van der Waals surface area contributed by atoms with Gasteiger partial charge in [0, 0.05) is 16.5 Å². The van der Waals surface area contributed by atoms with Crippen LogP contribution in [0.1, 0.15) is 0 Å². The predicted molar refractivity (Wildman–Crippen MR) is 168 cm³/mol. The fourth-order valence-corrected chi connectivity index (χ4v) is 5.86. The van der Waals surface area contributed by atoms with Gasteiger partial charge in [0.2, 0.25) is 0 Å². The number of benzene rings is 5. The fraction of sp³-hybridized carbons (Fsp3) is 0.243. The van der Waals surface area contributed by atoms with Crippen molar-refractivity contribution in [2.24, 2.45) is 0 Å². The highest BCUT2D eigenvalue weighted by molar-refractivity contribution is 6.29. The van der Waals surface area contributed by atoms with Crippen molar-refractivity contribution in [1.29, 1.82) is 0 Å². The zero-order valence-electron chi connectivity index (χ0n) is 24.0. The van der Waals surface area contributed by atoms with E-state index < -0.39 is 0 Å². The molecule has 0 bridgehead atoms. The van der Waals surface area contributed by atoms with Crippen LogP contribution >= 0.6 is 0 Å². The van der Waals surface area contributed by atoms with Gasteiger partial charge in [-0.1, -0.05) is 48.5 Å². The van der Waals surface area contributed by atoms with E-state index in [-0.39, 0.29) is 18.3 Å². The monoisotopic (exact) mass is 586 g/mol. The minimum Gasteiger partial charge on any atom is -0.491 e. The van der Waals surface area contributed by atoms with Gasteiger partial charge in [0.25, 0.3) is 0 Å². The Morgan fingerprint density at radius 3 is 1.66 bits per heavy atom. The van der Waals surface area contributed by atoms with Crippen molar-refractivity contribution >= 4 is 32.5 Å². The maximum absolute atomic E-state index is 6.97. The smallest absolute Gasteiger partial charge is 0.147 e. The summed E-state index contributed by atoms with van der Waals surface area (Å²) in [5, 5.41) is 5.37. The van der Waals surface area contributed by atoms with Gasteiger partial charge in [-0.3, -0.25) is 0 Å². The maximum atomic E-state index is 6.97. The molecule has 7 nitrogen and oxygen atoms in total. The molecule has 3 fully saturated rings. The summed E-state index contributed by atoms with van der Waals surface area (Å²) in [5.74, 6) is 3.19. The molecule has 6 aromatic rings. The molecule has 220 valence electrons. The minimum atomic E-state index is 0.142. The largest absolute Gasteiger partial charge is 0.491 e. The van der Waals surface area contributed by atoms with Gasteiger partial charge >= 0.3 is 0 Å². The van der Waals surface area contributed by atoms with E-state index in [1.165, 1.54) is 0 Å². The van der Waals surface area contributed by atoms with E-state index in [1.807, 2.05) is 36.4 Å². The average Bonchev–Trinajstić information content (AvgIpc) is 3.94. The normalized spacial score (nSPS) is 20.2. The van der Waals surface area contributed by atoms with E-state index in [9.17, 15) is 0 Å². The Hall–Kier alpha value is -4.56. The number of fused-ring (bicyclic) bond motifs is 6. The molecule has 0 spiro atoms. The molecule has 7 heteroatoms. The first-order chi connectivity index (χ1) is 21.8. The first-order valence-electron chi connectivity index (χ1n) is 15.1. The predicted octanol–water partition coefficient (Wildman–Crippen LogP) is 7.41. The highest BCUT2D eigenvalue weighted by Crippen LogP contribution is 2.49. The summed E-state index contributed by atoms with van der Waals surface area (Å²) in [7, 11) is 0. The quantitative estimate of drug-likeness (QED) is 0.116. The van der Waals surface area contributed by atoms with E-state index in [0.29, 0.717) is 19.8 Å². The van der Waals surface area contributed by atoms with Gasteiger partial charge < -0.3 is 32.8 Å². The zero-order valence-corrected chi connectivity index (χ0v) is 24.0. The van der Waals surface area contributed by atoms with Gasteiger partial charge in [0.05, 0.1) is 25.2 Å². The van der Waals surface area contributed by atoms with Gasteiger partial charge in [-0.2, -0.15) is 0 Å². The molecule has 3 unspecified atom stereocenters. The van der Waals surface area contributed by atoms with Crippen LogP contribution in [-0.2, 0) is 14.2 Å². The van der Waals surface area contributed by atoms with Crippen molar-refractivity contribution in [3.8, 4) is 39.7 Å². The molecule has 5 aromatic carbocycles. The van der Waals surface area contributed by atoms with E-state index in [2.05, 4.69) is 54.6 Å². The van der Waals surface area contributed by atoms with E-state index in [1.54, 1.807) is 0 Å². The Morgan fingerprint density at radius 2 is 1.05 bits per heavy atom. The van der Waals surface area contributed by atoms with Crippen LogP contribution in [0.15, 0.2) is 95.4 Å². The van der Waals surface area contributed by atoms with Crippen molar-refractivity contribution in [2.45, 2.75) is 18.3 Å². The van der Waals surface area contributed by atoms with Gasteiger partial charge in [0.15, 0.2) is 0 Å². The van der Waals surface area contributed by atoms with Crippen molar-refractivity contribution < 1.29 is 32.8 Å². The third kappa shape index (κ3) is 4.93. The van der Waals surface area contributed by atoms with Crippen molar-refractivity contribution in [3.05, 3.63) is 91.0 Å². The Labute approximate surface area is 253 Å². The Morgan fingerprint density at radius 1 is 0.523 bits per heavy atom. The summed E-state index contributed by atoms with van der Waals surface area (Å²) in [6.45, 7) is 3.89. The van der Waals surface area contributed by atoms with Crippen LogP contribution in [0.4, 0.5) is 0 Å². The molecule has 44 heavy (non-hydrogen) atoms. The molecular formula is C37H30O7. The lowest BCUT2D eigenvalue weighted by molar-refractivity contribution is 0.263. The molecule has 3 aliphatic heterocycles. The van der Waals surface area contributed by atoms with Crippen LogP contribution in [0.25, 0.3) is 55.0 Å². The summed E-state index contributed by atoms with van der Waals surface area (Å²) >= 11 is 0. The molecule has 0 saturated carbocycles. The number of hydrogen-bond donors (Lipinski definition) is 0. The van der Waals surface area contributed by atoms with Gasteiger partial charge in [-0.05, 0) is 64.2 Å². The first-order valence-corrected chi connectivity index (χ1v) is 15.1. The molecule has 0 radical (unpaired) electrons. The summed E-state index contributed by atoms with van der Waals surface area (Å²) in [4.78, 5) is 0. The van der Waals surface area contributed by atoms with Crippen LogP contribution in [0.2, 0.25) is 0 Å². The first kappa shape index (κ1) is 25.9. The van der Waals surface area contributed by atoms with Crippen LogP contribution in [0.5, 0.6) is 17.2 Å².